The average molecular weight is 295 g/mol. The Bertz CT molecular complexity index is 612. The predicted octanol–water partition coefficient (Wildman–Crippen LogP) is 3.06. The number of benzene rings is 1. The molecule has 20 heavy (non-hydrogen) atoms. The molecule has 0 aliphatic carbocycles. The Morgan fingerprint density at radius 3 is 2.95 bits per heavy atom. The van der Waals surface area contributed by atoms with Gasteiger partial charge in [-0.05, 0) is 19.1 Å². The van der Waals surface area contributed by atoms with Crippen LogP contribution in [0.5, 0.6) is 5.75 Å². The molecule has 0 atom stereocenters. The van der Waals surface area contributed by atoms with Crippen molar-refractivity contribution < 1.29 is 18.7 Å². The molecule has 4 nitrogen and oxygen atoms in total. The molecule has 1 aromatic heterocycles. The van der Waals surface area contributed by atoms with Crippen LogP contribution in [-0.4, -0.2) is 24.7 Å². The molecule has 0 radical (unpaired) electrons. The number of carbonyl (C=O) groups excluding carboxylic acids is 1. The van der Waals surface area contributed by atoms with E-state index in [4.69, 9.17) is 9.47 Å². The van der Waals surface area contributed by atoms with Gasteiger partial charge in [0, 0.05) is 5.38 Å². The minimum absolute atomic E-state index is 0.0925. The second-order valence-electron chi connectivity index (χ2n) is 3.93. The Labute approximate surface area is 120 Å². The van der Waals surface area contributed by atoms with Gasteiger partial charge < -0.3 is 9.47 Å². The summed E-state index contributed by atoms with van der Waals surface area (Å²) in [6.07, 6.45) is 0.0925. The zero-order chi connectivity index (χ0) is 14.5. The van der Waals surface area contributed by atoms with Gasteiger partial charge in [0.25, 0.3) is 0 Å². The number of halogens is 1. The number of methoxy groups -OCH3 is 1. The van der Waals surface area contributed by atoms with Crippen LogP contribution in [0.25, 0.3) is 11.3 Å². The van der Waals surface area contributed by atoms with Crippen molar-refractivity contribution in [2.45, 2.75) is 13.3 Å². The van der Waals surface area contributed by atoms with Crippen molar-refractivity contribution >= 4 is 17.3 Å². The van der Waals surface area contributed by atoms with Crippen molar-refractivity contribution in [3.8, 4) is 17.0 Å². The summed E-state index contributed by atoms with van der Waals surface area (Å²) >= 11 is 1.29. The van der Waals surface area contributed by atoms with Crippen LogP contribution >= 0.6 is 11.3 Å². The van der Waals surface area contributed by atoms with Crippen molar-refractivity contribution in [1.29, 1.82) is 0 Å². The van der Waals surface area contributed by atoms with Gasteiger partial charge in [0.05, 0.1) is 31.4 Å². The summed E-state index contributed by atoms with van der Waals surface area (Å²) < 4.78 is 23.9. The standard InChI is InChI=1S/C14H14FNO3S/c1-3-19-13(17)7-12-16-10(8-20-12)14-9(15)5-4-6-11(14)18-2/h4-6,8H,3,7H2,1-2H3. The number of esters is 1. The maximum Gasteiger partial charge on any atom is 0.312 e. The zero-order valence-electron chi connectivity index (χ0n) is 11.2. The van der Waals surface area contributed by atoms with Crippen LogP contribution in [-0.2, 0) is 16.0 Å². The SMILES string of the molecule is CCOC(=O)Cc1nc(-c2c(F)cccc2OC)cs1. The van der Waals surface area contributed by atoms with Crippen molar-refractivity contribution in [1.82, 2.24) is 4.98 Å². The third kappa shape index (κ3) is 3.14. The molecule has 0 bridgehead atoms. The van der Waals surface area contributed by atoms with E-state index < -0.39 is 5.82 Å². The van der Waals surface area contributed by atoms with Gasteiger partial charge in [-0.25, -0.2) is 9.37 Å². The zero-order valence-corrected chi connectivity index (χ0v) is 12.0. The van der Waals surface area contributed by atoms with Crippen LogP contribution in [0.15, 0.2) is 23.6 Å². The largest absolute Gasteiger partial charge is 0.496 e. The molecule has 0 aliphatic rings. The first-order valence-corrected chi connectivity index (χ1v) is 6.96. The maximum atomic E-state index is 13.9. The first-order chi connectivity index (χ1) is 9.65. The normalized spacial score (nSPS) is 10.3. The van der Waals surface area contributed by atoms with Crippen LogP contribution in [0.4, 0.5) is 4.39 Å². The maximum absolute atomic E-state index is 13.9. The van der Waals surface area contributed by atoms with Gasteiger partial charge in [-0.1, -0.05) is 6.07 Å². The minimum atomic E-state index is -0.405. The van der Waals surface area contributed by atoms with E-state index in [0.717, 1.165) is 0 Å². The molecule has 0 saturated heterocycles. The smallest absolute Gasteiger partial charge is 0.312 e. The topological polar surface area (TPSA) is 48.4 Å². The third-order valence-corrected chi connectivity index (χ3v) is 3.45. The molecule has 0 fully saturated rings. The molecule has 1 aromatic carbocycles. The summed E-state index contributed by atoms with van der Waals surface area (Å²) in [4.78, 5) is 15.7. The van der Waals surface area contributed by atoms with Gasteiger partial charge >= 0.3 is 5.97 Å². The highest BCUT2D eigenvalue weighted by atomic mass is 32.1. The Morgan fingerprint density at radius 2 is 2.25 bits per heavy atom. The lowest BCUT2D eigenvalue weighted by molar-refractivity contribution is -0.142. The van der Waals surface area contributed by atoms with E-state index in [1.54, 1.807) is 24.4 Å². The molecule has 106 valence electrons. The van der Waals surface area contributed by atoms with E-state index >= 15 is 0 Å². The fourth-order valence-electron chi connectivity index (χ4n) is 1.77. The molecule has 0 spiro atoms. The van der Waals surface area contributed by atoms with Crippen molar-refractivity contribution in [2.75, 3.05) is 13.7 Å². The summed E-state index contributed by atoms with van der Waals surface area (Å²) in [5.41, 5.74) is 0.769. The molecule has 2 rings (SSSR count). The first-order valence-electron chi connectivity index (χ1n) is 6.08. The molecule has 1 heterocycles. The number of aromatic nitrogens is 1. The number of ether oxygens (including phenoxy) is 2. The molecule has 0 saturated carbocycles. The Morgan fingerprint density at radius 1 is 1.45 bits per heavy atom. The number of rotatable bonds is 5. The van der Waals surface area contributed by atoms with Crippen LogP contribution in [0.2, 0.25) is 0 Å². The molecule has 0 unspecified atom stereocenters. The number of carbonyl (C=O) groups is 1. The first kappa shape index (κ1) is 14.5. The fourth-order valence-corrected chi connectivity index (χ4v) is 2.54. The van der Waals surface area contributed by atoms with Crippen LogP contribution < -0.4 is 4.74 Å². The Kier molecular flexibility index (Phi) is 4.68. The predicted molar refractivity (Wildman–Crippen MR) is 74.4 cm³/mol. The summed E-state index contributed by atoms with van der Waals surface area (Å²) in [5.74, 6) is -0.329. The quantitative estimate of drug-likeness (QED) is 0.795. The second kappa shape index (κ2) is 6.47. The summed E-state index contributed by atoms with van der Waals surface area (Å²) in [5, 5.41) is 2.29. The molecular weight excluding hydrogens is 281 g/mol. The van der Waals surface area contributed by atoms with E-state index in [2.05, 4.69) is 4.98 Å². The average Bonchev–Trinajstić information content (AvgIpc) is 2.86. The van der Waals surface area contributed by atoms with Gasteiger partial charge in [0.1, 0.15) is 16.6 Å². The number of hydrogen-bond donors (Lipinski definition) is 0. The van der Waals surface area contributed by atoms with Crippen molar-refractivity contribution in [3.05, 3.63) is 34.4 Å². The number of hydrogen-bond acceptors (Lipinski definition) is 5. The van der Waals surface area contributed by atoms with E-state index in [-0.39, 0.29) is 12.4 Å². The highest BCUT2D eigenvalue weighted by Gasteiger charge is 2.16. The van der Waals surface area contributed by atoms with Crippen molar-refractivity contribution in [2.24, 2.45) is 0 Å². The molecule has 0 amide bonds. The van der Waals surface area contributed by atoms with Gasteiger partial charge in [-0.15, -0.1) is 11.3 Å². The highest BCUT2D eigenvalue weighted by Crippen LogP contribution is 2.33. The number of thiazole rings is 1. The summed E-state index contributed by atoms with van der Waals surface area (Å²) in [6.45, 7) is 2.08. The van der Waals surface area contributed by atoms with E-state index in [9.17, 15) is 9.18 Å². The Hall–Kier alpha value is -1.95. The van der Waals surface area contributed by atoms with Crippen molar-refractivity contribution in [3.63, 3.8) is 0 Å². The molecule has 6 heteroatoms. The molecule has 0 N–H and O–H groups in total. The highest BCUT2D eigenvalue weighted by molar-refractivity contribution is 7.10. The third-order valence-electron chi connectivity index (χ3n) is 2.60. The Balaban J connectivity index is 2.27. The summed E-state index contributed by atoms with van der Waals surface area (Å²) in [6, 6.07) is 4.59. The number of nitrogens with zero attached hydrogens (tertiary/aromatic N) is 1. The molecule has 0 aliphatic heterocycles. The van der Waals surface area contributed by atoms with Gasteiger partial charge in [0.15, 0.2) is 0 Å². The second-order valence-corrected chi connectivity index (χ2v) is 4.87. The van der Waals surface area contributed by atoms with Crippen LogP contribution in [0.1, 0.15) is 11.9 Å². The lowest BCUT2D eigenvalue weighted by Crippen LogP contribution is -2.07. The van der Waals surface area contributed by atoms with Gasteiger partial charge in [0.2, 0.25) is 0 Å². The monoisotopic (exact) mass is 295 g/mol. The van der Waals surface area contributed by atoms with Crippen LogP contribution in [0.3, 0.4) is 0 Å². The lowest BCUT2D eigenvalue weighted by Gasteiger charge is -2.06. The summed E-state index contributed by atoms with van der Waals surface area (Å²) in [7, 11) is 1.48. The van der Waals surface area contributed by atoms with E-state index in [0.29, 0.717) is 28.6 Å². The fraction of sp³-hybridized carbons (Fsp3) is 0.286. The van der Waals surface area contributed by atoms with Gasteiger partial charge in [-0.2, -0.15) is 0 Å². The van der Waals surface area contributed by atoms with Gasteiger partial charge in [-0.3, -0.25) is 4.79 Å². The molecular formula is C14H14FNO3S. The van der Waals surface area contributed by atoms with Crippen LogP contribution in [0, 0.1) is 5.82 Å². The minimum Gasteiger partial charge on any atom is -0.496 e. The lowest BCUT2D eigenvalue weighted by atomic mass is 10.1. The van der Waals surface area contributed by atoms with E-state index in [1.807, 2.05) is 0 Å². The molecule has 2 aromatic rings. The van der Waals surface area contributed by atoms with E-state index in [1.165, 1.54) is 24.5 Å².